The highest BCUT2D eigenvalue weighted by atomic mass is 16.5. The van der Waals surface area contributed by atoms with Crippen molar-refractivity contribution < 1.29 is 9.32 Å². The Bertz CT molecular complexity index is 804. The van der Waals surface area contributed by atoms with E-state index in [-0.39, 0.29) is 5.91 Å². The molecule has 150 valence electrons. The Kier molecular flexibility index (Phi) is 6.68. The van der Waals surface area contributed by atoms with E-state index in [1.165, 1.54) is 0 Å². The van der Waals surface area contributed by atoms with Crippen LogP contribution in [0.5, 0.6) is 0 Å². The van der Waals surface area contributed by atoms with E-state index in [1.807, 2.05) is 29.2 Å². The van der Waals surface area contributed by atoms with Crippen LogP contribution in [0, 0.1) is 0 Å². The number of aliphatic imine (C=N–C) groups is 1. The molecule has 1 aliphatic rings. The molecule has 7 heteroatoms. The van der Waals surface area contributed by atoms with Gasteiger partial charge in [0.2, 0.25) is 5.91 Å². The Labute approximate surface area is 166 Å². The van der Waals surface area contributed by atoms with Gasteiger partial charge in [0.15, 0.2) is 5.96 Å². The fourth-order valence-corrected chi connectivity index (χ4v) is 3.43. The highest BCUT2D eigenvalue weighted by molar-refractivity contribution is 5.95. The summed E-state index contributed by atoms with van der Waals surface area (Å²) in [5, 5.41) is 10.8. The summed E-state index contributed by atoms with van der Waals surface area (Å²) in [4.78, 5) is 18.0. The van der Waals surface area contributed by atoms with Crippen LogP contribution in [0.2, 0.25) is 0 Å². The molecule has 1 fully saturated rings. The van der Waals surface area contributed by atoms with Crippen LogP contribution in [-0.2, 0) is 30.7 Å². The molecule has 1 amide bonds. The van der Waals surface area contributed by atoms with E-state index < -0.39 is 0 Å². The van der Waals surface area contributed by atoms with Crippen molar-refractivity contribution in [1.82, 2.24) is 15.8 Å². The van der Waals surface area contributed by atoms with Crippen molar-refractivity contribution in [2.75, 3.05) is 18.5 Å². The van der Waals surface area contributed by atoms with Crippen LogP contribution in [0.4, 0.5) is 5.69 Å². The zero-order valence-electron chi connectivity index (χ0n) is 16.9. The van der Waals surface area contributed by atoms with Gasteiger partial charge in [-0.1, -0.05) is 31.1 Å². The molecule has 0 bridgehead atoms. The minimum absolute atomic E-state index is 0.210. The van der Waals surface area contributed by atoms with Gasteiger partial charge in [-0.2, -0.15) is 0 Å². The Morgan fingerprint density at radius 3 is 2.54 bits per heavy atom. The molecule has 1 aromatic heterocycles. The van der Waals surface area contributed by atoms with E-state index in [4.69, 9.17) is 4.52 Å². The van der Waals surface area contributed by atoms with E-state index >= 15 is 0 Å². The summed E-state index contributed by atoms with van der Waals surface area (Å²) in [5.74, 6) is 1.86. The van der Waals surface area contributed by atoms with Gasteiger partial charge in [-0.3, -0.25) is 9.79 Å². The van der Waals surface area contributed by atoms with Crippen LogP contribution in [0.15, 0.2) is 33.8 Å². The molecular weight excluding hydrogens is 354 g/mol. The number of benzene rings is 1. The minimum atomic E-state index is 0.210. The third-order valence-electron chi connectivity index (χ3n) is 5.04. The molecule has 0 saturated carbocycles. The number of nitrogens with one attached hydrogen (secondary N) is 2. The zero-order valence-corrected chi connectivity index (χ0v) is 16.9. The third-order valence-corrected chi connectivity index (χ3v) is 5.04. The van der Waals surface area contributed by atoms with Crippen LogP contribution < -0.4 is 15.5 Å². The van der Waals surface area contributed by atoms with Gasteiger partial charge in [0.25, 0.3) is 0 Å². The number of rotatable bonds is 7. The Balaban J connectivity index is 1.54. The predicted octanol–water partition coefficient (Wildman–Crippen LogP) is 2.79. The van der Waals surface area contributed by atoms with Crippen molar-refractivity contribution in [2.45, 2.75) is 52.6 Å². The maximum absolute atomic E-state index is 11.9. The molecule has 1 aliphatic heterocycles. The lowest BCUT2D eigenvalue weighted by Gasteiger charge is -2.16. The summed E-state index contributed by atoms with van der Waals surface area (Å²) in [6, 6.07) is 8.11. The van der Waals surface area contributed by atoms with Gasteiger partial charge in [0.05, 0.1) is 5.69 Å². The summed E-state index contributed by atoms with van der Waals surface area (Å²) in [6.07, 6.45) is 3.26. The summed E-state index contributed by atoms with van der Waals surface area (Å²) >= 11 is 0. The number of carbonyl (C=O) groups is 1. The fourth-order valence-electron chi connectivity index (χ4n) is 3.43. The lowest BCUT2D eigenvalue weighted by molar-refractivity contribution is -0.117. The first kappa shape index (κ1) is 19.9. The van der Waals surface area contributed by atoms with Gasteiger partial charge in [0, 0.05) is 50.8 Å². The first-order valence-corrected chi connectivity index (χ1v) is 9.96. The highest BCUT2D eigenvalue weighted by Crippen LogP contribution is 2.21. The number of amides is 1. The van der Waals surface area contributed by atoms with Crippen molar-refractivity contribution in [3.05, 3.63) is 46.8 Å². The predicted molar refractivity (Wildman–Crippen MR) is 110 cm³/mol. The lowest BCUT2D eigenvalue weighted by atomic mass is 10.1. The lowest BCUT2D eigenvalue weighted by Crippen LogP contribution is -2.36. The summed E-state index contributed by atoms with van der Waals surface area (Å²) in [6.45, 7) is 6.24. The van der Waals surface area contributed by atoms with Gasteiger partial charge in [0.1, 0.15) is 5.76 Å². The van der Waals surface area contributed by atoms with Crippen molar-refractivity contribution >= 4 is 17.6 Å². The molecule has 0 atom stereocenters. The summed E-state index contributed by atoms with van der Waals surface area (Å²) < 4.78 is 5.41. The number of guanidine groups is 1. The van der Waals surface area contributed by atoms with Crippen LogP contribution in [0.3, 0.4) is 0 Å². The molecule has 0 unspecified atom stereocenters. The van der Waals surface area contributed by atoms with Gasteiger partial charge >= 0.3 is 0 Å². The molecule has 2 N–H and O–H groups in total. The maximum atomic E-state index is 11.9. The smallest absolute Gasteiger partial charge is 0.227 e. The zero-order chi connectivity index (χ0) is 19.9. The number of hydrogen-bond acceptors (Lipinski definition) is 4. The molecule has 2 aromatic rings. The number of hydrogen-bond donors (Lipinski definition) is 2. The van der Waals surface area contributed by atoms with Gasteiger partial charge in [-0.15, -0.1) is 0 Å². The molecule has 0 radical (unpaired) electrons. The van der Waals surface area contributed by atoms with Crippen molar-refractivity contribution in [2.24, 2.45) is 4.99 Å². The van der Waals surface area contributed by atoms with E-state index in [0.717, 1.165) is 60.0 Å². The van der Waals surface area contributed by atoms with Gasteiger partial charge in [-0.05, 0) is 30.5 Å². The quantitative estimate of drug-likeness (QED) is 0.567. The number of nitrogens with zero attached hydrogens (tertiary/aromatic N) is 3. The molecule has 7 nitrogen and oxygen atoms in total. The third kappa shape index (κ3) is 4.52. The van der Waals surface area contributed by atoms with Crippen molar-refractivity contribution in [3.63, 3.8) is 0 Å². The largest absolute Gasteiger partial charge is 0.361 e. The molecule has 0 spiro atoms. The Hall–Kier alpha value is -2.83. The Morgan fingerprint density at radius 1 is 1.18 bits per heavy atom. The first-order valence-electron chi connectivity index (χ1n) is 9.96. The SMILES string of the molecule is CCc1noc(CC)c1CNC(=NC)NCc1ccc(N2CCCC2=O)cc1. The van der Waals surface area contributed by atoms with E-state index in [2.05, 4.69) is 34.6 Å². The first-order chi connectivity index (χ1) is 13.7. The second kappa shape index (κ2) is 9.39. The topological polar surface area (TPSA) is 82.8 Å². The number of aromatic nitrogens is 1. The van der Waals surface area contributed by atoms with Crippen LogP contribution in [-0.4, -0.2) is 30.6 Å². The summed E-state index contributed by atoms with van der Waals surface area (Å²) in [5.41, 5.74) is 4.21. The van der Waals surface area contributed by atoms with E-state index in [0.29, 0.717) is 19.5 Å². The molecule has 0 aliphatic carbocycles. The second-order valence-electron chi connectivity index (χ2n) is 6.83. The average Bonchev–Trinajstić information content (AvgIpc) is 3.34. The van der Waals surface area contributed by atoms with Crippen LogP contribution in [0.25, 0.3) is 0 Å². The monoisotopic (exact) mass is 383 g/mol. The van der Waals surface area contributed by atoms with Crippen LogP contribution in [0.1, 0.15) is 49.3 Å². The van der Waals surface area contributed by atoms with E-state index in [1.54, 1.807) is 7.05 Å². The number of aryl methyl sites for hydroxylation is 2. The normalized spacial score (nSPS) is 14.6. The van der Waals surface area contributed by atoms with Gasteiger partial charge < -0.3 is 20.1 Å². The molecule has 1 aromatic carbocycles. The summed E-state index contributed by atoms with van der Waals surface area (Å²) in [7, 11) is 1.76. The minimum Gasteiger partial charge on any atom is -0.361 e. The molecule has 1 saturated heterocycles. The molecule has 3 rings (SSSR count). The van der Waals surface area contributed by atoms with Crippen molar-refractivity contribution in [3.8, 4) is 0 Å². The molecule has 28 heavy (non-hydrogen) atoms. The second-order valence-corrected chi connectivity index (χ2v) is 6.83. The van der Waals surface area contributed by atoms with Crippen LogP contribution >= 0.6 is 0 Å². The average molecular weight is 383 g/mol. The number of carbonyl (C=O) groups excluding carboxylic acids is 1. The highest BCUT2D eigenvalue weighted by Gasteiger charge is 2.21. The van der Waals surface area contributed by atoms with Crippen molar-refractivity contribution in [1.29, 1.82) is 0 Å². The molecule has 2 heterocycles. The maximum Gasteiger partial charge on any atom is 0.227 e. The standard InChI is InChI=1S/C21H29N5O2/c1-4-18-17(19(5-2)28-25-18)14-24-21(22-3)23-13-15-8-10-16(11-9-15)26-12-6-7-20(26)27/h8-11H,4-7,12-14H2,1-3H3,(H2,22,23,24). The fraction of sp³-hybridized carbons (Fsp3) is 0.476. The molecular formula is C21H29N5O2. The van der Waals surface area contributed by atoms with E-state index in [9.17, 15) is 4.79 Å². The number of anilines is 1. The Morgan fingerprint density at radius 2 is 1.93 bits per heavy atom. The van der Waals surface area contributed by atoms with Gasteiger partial charge in [-0.25, -0.2) is 0 Å².